The maximum atomic E-state index is 13.8. The van der Waals surface area contributed by atoms with Crippen LogP contribution < -0.4 is 0 Å². The van der Waals surface area contributed by atoms with Crippen LogP contribution in [-0.2, 0) is 5.88 Å². The van der Waals surface area contributed by atoms with Gasteiger partial charge in [-0.3, -0.25) is 0 Å². The predicted octanol–water partition coefficient (Wildman–Crippen LogP) is 4.15. The fraction of sp³-hybridized carbons (Fsp3) is 0.308. The van der Waals surface area contributed by atoms with Gasteiger partial charge in [-0.2, -0.15) is 5.10 Å². The van der Waals surface area contributed by atoms with Crippen molar-refractivity contribution < 1.29 is 13.2 Å². The molecule has 1 heterocycles. The summed E-state index contributed by atoms with van der Waals surface area (Å²) in [5.41, 5.74) is 1.29. The van der Waals surface area contributed by atoms with Crippen LogP contribution in [0.4, 0.5) is 13.2 Å². The highest BCUT2D eigenvalue weighted by Gasteiger charge is 2.19. The van der Waals surface area contributed by atoms with E-state index in [1.54, 1.807) is 0 Å². The Hall–Kier alpha value is -1.49. The molecule has 2 nitrogen and oxygen atoms in total. The molecule has 0 atom stereocenters. The fourth-order valence-electron chi connectivity index (χ4n) is 1.98. The van der Waals surface area contributed by atoms with Gasteiger partial charge in [0.15, 0.2) is 17.5 Å². The van der Waals surface area contributed by atoms with Gasteiger partial charge < -0.3 is 0 Å². The third kappa shape index (κ3) is 2.47. The lowest BCUT2D eigenvalue weighted by atomic mass is 10.1. The summed E-state index contributed by atoms with van der Waals surface area (Å²) in [7, 11) is 0. The topological polar surface area (TPSA) is 17.8 Å². The molecule has 6 heteroatoms. The predicted molar refractivity (Wildman–Crippen MR) is 67.1 cm³/mol. The van der Waals surface area contributed by atoms with Crippen LogP contribution >= 0.6 is 11.6 Å². The Morgan fingerprint density at radius 2 is 1.79 bits per heavy atom. The molecule has 0 fully saturated rings. The summed E-state index contributed by atoms with van der Waals surface area (Å²) in [6, 6.07) is 1.30. The second-order valence-electron chi connectivity index (χ2n) is 4.47. The van der Waals surface area contributed by atoms with Crippen LogP contribution in [-0.4, -0.2) is 9.78 Å². The third-order valence-corrected chi connectivity index (χ3v) is 3.08. The van der Waals surface area contributed by atoms with Crippen molar-refractivity contribution in [3.05, 3.63) is 47.0 Å². The van der Waals surface area contributed by atoms with E-state index in [1.807, 2.05) is 13.8 Å². The van der Waals surface area contributed by atoms with E-state index < -0.39 is 17.5 Å². The normalized spacial score (nSPS) is 11.3. The molecule has 0 amide bonds. The van der Waals surface area contributed by atoms with Crippen LogP contribution in [0.15, 0.2) is 18.3 Å². The first-order valence-corrected chi connectivity index (χ1v) is 6.26. The maximum absolute atomic E-state index is 13.8. The monoisotopic (exact) mass is 288 g/mol. The highest BCUT2D eigenvalue weighted by Crippen LogP contribution is 2.26. The second kappa shape index (κ2) is 5.25. The van der Waals surface area contributed by atoms with Crippen molar-refractivity contribution in [3.63, 3.8) is 0 Å². The Morgan fingerprint density at radius 1 is 1.16 bits per heavy atom. The quantitative estimate of drug-likeness (QED) is 0.613. The zero-order chi connectivity index (χ0) is 14.2. The first kappa shape index (κ1) is 13.9. The molecule has 0 aliphatic heterocycles. The number of alkyl halides is 1. The van der Waals surface area contributed by atoms with Crippen LogP contribution in [0.3, 0.4) is 0 Å². The SMILES string of the molecule is CC(C)c1c(CCl)cnn1-c1cc(F)c(F)cc1F. The van der Waals surface area contributed by atoms with Gasteiger partial charge in [-0.15, -0.1) is 11.6 Å². The number of hydrogen-bond acceptors (Lipinski definition) is 1. The molecule has 0 saturated heterocycles. The van der Waals surface area contributed by atoms with E-state index in [4.69, 9.17) is 11.6 Å². The lowest BCUT2D eigenvalue weighted by Crippen LogP contribution is -2.08. The Morgan fingerprint density at radius 3 is 2.37 bits per heavy atom. The summed E-state index contributed by atoms with van der Waals surface area (Å²) < 4.78 is 41.2. The molecule has 1 aromatic heterocycles. The van der Waals surface area contributed by atoms with Crippen molar-refractivity contribution >= 4 is 11.6 Å². The number of benzene rings is 1. The molecule has 0 spiro atoms. The molecule has 0 saturated carbocycles. The largest absolute Gasteiger partial charge is 0.234 e. The molecule has 0 N–H and O–H groups in total. The van der Waals surface area contributed by atoms with Gasteiger partial charge in [-0.05, 0) is 5.92 Å². The summed E-state index contributed by atoms with van der Waals surface area (Å²) in [5, 5.41) is 4.01. The minimum atomic E-state index is -1.22. The van der Waals surface area contributed by atoms with Crippen LogP contribution in [0.1, 0.15) is 31.0 Å². The fourth-order valence-corrected chi connectivity index (χ4v) is 2.18. The number of rotatable bonds is 3. The van der Waals surface area contributed by atoms with Crippen LogP contribution in [0, 0.1) is 17.5 Å². The molecule has 0 radical (unpaired) electrons. The zero-order valence-electron chi connectivity index (χ0n) is 10.4. The summed E-state index contributed by atoms with van der Waals surface area (Å²) >= 11 is 5.79. The molecule has 0 aliphatic rings. The van der Waals surface area contributed by atoms with Gasteiger partial charge in [0.25, 0.3) is 0 Å². The average Bonchev–Trinajstić information content (AvgIpc) is 2.77. The van der Waals surface area contributed by atoms with Crippen LogP contribution in [0.5, 0.6) is 0 Å². The molecule has 102 valence electrons. The highest BCUT2D eigenvalue weighted by molar-refractivity contribution is 6.17. The highest BCUT2D eigenvalue weighted by atomic mass is 35.5. The lowest BCUT2D eigenvalue weighted by molar-refractivity contribution is 0.490. The van der Waals surface area contributed by atoms with Crippen molar-refractivity contribution in [1.29, 1.82) is 0 Å². The summed E-state index contributed by atoms with van der Waals surface area (Å²) in [5.74, 6) is -2.97. The van der Waals surface area contributed by atoms with Crippen molar-refractivity contribution in [3.8, 4) is 5.69 Å². The van der Waals surface area contributed by atoms with E-state index in [-0.39, 0.29) is 17.5 Å². The van der Waals surface area contributed by atoms with E-state index >= 15 is 0 Å². The summed E-state index contributed by atoms with van der Waals surface area (Å²) in [6.07, 6.45) is 1.50. The molecule has 1 aromatic carbocycles. The van der Waals surface area contributed by atoms with Crippen molar-refractivity contribution in [2.45, 2.75) is 25.6 Å². The molecule has 0 unspecified atom stereocenters. The van der Waals surface area contributed by atoms with Crippen LogP contribution in [0.2, 0.25) is 0 Å². The molecule has 2 aromatic rings. The molecule has 2 rings (SSSR count). The van der Waals surface area contributed by atoms with Crippen molar-refractivity contribution in [2.24, 2.45) is 0 Å². The smallest absolute Gasteiger partial charge is 0.161 e. The minimum absolute atomic E-state index is 0.0174. The van der Waals surface area contributed by atoms with E-state index in [1.165, 1.54) is 10.9 Å². The standard InChI is InChI=1S/C13H12ClF3N2/c1-7(2)13-8(5-14)6-18-19(13)12-4-10(16)9(15)3-11(12)17/h3-4,6-7H,5H2,1-2H3. The number of hydrogen-bond donors (Lipinski definition) is 0. The van der Waals surface area contributed by atoms with E-state index in [0.717, 1.165) is 11.6 Å². The minimum Gasteiger partial charge on any atom is -0.234 e. The Bertz CT molecular complexity index is 608. The Labute approximate surface area is 113 Å². The van der Waals surface area contributed by atoms with Crippen molar-refractivity contribution in [2.75, 3.05) is 0 Å². The molecule has 0 aliphatic carbocycles. The summed E-state index contributed by atoms with van der Waals surface area (Å²) in [4.78, 5) is 0. The van der Waals surface area contributed by atoms with Gasteiger partial charge >= 0.3 is 0 Å². The Balaban J connectivity index is 2.65. The molecular formula is C13H12ClF3N2. The molecular weight excluding hydrogens is 277 g/mol. The van der Waals surface area contributed by atoms with Crippen LogP contribution in [0.25, 0.3) is 5.69 Å². The van der Waals surface area contributed by atoms with Crippen molar-refractivity contribution in [1.82, 2.24) is 9.78 Å². The first-order chi connectivity index (χ1) is 8.95. The molecule has 0 bridgehead atoms. The molecule has 19 heavy (non-hydrogen) atoms. The van der Waals surface area contributed by atoms with E-state index in [2.05, 4.69) is 5.10 Å². The second-order valence-corrected chi connectivity index (χ2v) is 4.74. The van der Waals surface area contributed by atoms with Gasteiger partial charge in [0.1, 0.15) is 5.69 Å². The number of aromatic nitrogens is 2. The number of halogens is 4. The zero-order valence-corrected chi connectivity index (χ0v) is 11.2. The van der Waals surface area contributed by atoms with Gasteiger partial charge in [0, 0.05) is 17.7 Å². The maximum Gasteiger partial charge on any atom is 0.161 e. The van der Waals surface area contributed by atoms with E-state index in [9.17, 15) is 13.2 Å². The summed E-state index contributed by atoms with van der Waals surface area (Å²) in [6.45, 7) is 3.78. The first-order valence-electron chi connectivity index (χ1n) is 5.73. The Kier molecular flexibility index (Phi) is 3.85. The van der Waals surface area contributed by atoms with Gasteiger partial charge in [0.2, 0.25) is 0 Å². The third-order valence-electron chi connectivity index (χ3n) is 2.79. The van der Waals surface area contributed by atoms with Gasteiger partial charge in [-0.1, -0.05) is 13.8 Å². The average molecular weight is 289 g/mol. The van der Waals surface area contributed by atoms with Gasteiger partial charge in [0.05, 0.1) is 17.8 Å². The lowest BCUT2D eigenvalue weighted by Gasteiger charge is -2.13. The number of nitrogens with zero attached hydrogens (tertiary/aromatic N) is 2. The van der Waals surface area contributed by atoms with E-state index in [0.29, 0.717) is 11.8 Å². The van der Waals surface area contributed by atoms with Gasteiger partial charge in [-0.25, -0.2) is 17.9 Å².